The molecule has 22 heavy (non-hydrogen) atoms. The van der Waals surface area contributed by atoms with Gasteiger partial charge in [0.25, 0.3) is 5.91 Å². The molecule has 7 heteroatoms. The van der Waals surface area contributed by atoms with Gasteiger partial charge in [0, 0.05) is 22.0 Å². The Balaban J connectivity index is 1.84. The Morgan fingerprint density at radius 2 is 2.00 bits per heavy atom. The summed E-state index contributed by atoms with van der Waals surface area (Å²) in [6.07, 6.45) is 1.51. The van der Waals surface area contributed by atoms with Gasteiger partial charge in [-0.1, -0.05) is 41.6 Å². The summed E-state index contributed by atoms with van der Waals surface area (Å²) in [4.78, 5) is 20.2. The Bertz CT molecular complexity index is 685. The van der Waals surface area contributed by atoms with E-state index in [1.807, 2.05) is 38.1 Å². The minimum Gasteiger partial charge on any atom is -0.272 e. The molecule has 0 unspecified atom stereocenters. The molecule has 0 atom stereocenters. The van der Waals surface area contributed by atoms with Crippen LogP contribution in [0.15, 0.2) is 40.6 Å². The van der Waals surface area contributed by atoms with Gasteiger partial charge in [-0.2, -0.15) is 5.10 Å². The zero-order valence-electron chi connectivity index (χ0n) is 12.2. The zero-order chi connectivity index (χ0) is 15.9. The Morgan fingerprint density at radius 1 is 1.32 bits per heavy atom. The minimum absolute atomic E-state index is 0.197. The molecular weight excluding hydrogens is 320 g/mol. The van der Waals surface area contributed by atoms with E-state index in [4.69, 9.17) is 11.6 Å². The number of nitrogens with one attached hydrogen (secondary N) is 1. The van der Waals surface area contributed by atoms with Gasteiger partial charge >= 0.3 is 0 Å². The van der Waals surface area contributed by atoms with Crippen LogP contribution in [0.4, 0.5) is 0 Å². The molecule has 2 aromatic rings. The lowest BCUT2D eigenvalue weighted by molar-refractivity contribution is -0.118. The quantitative estimate of drug-likeness (QED) is 0.395. The molecule has 1 N–H and O–H groups in total. The van der Waals surface area contributed by atoms with E-state index in [0.29, 0.717) is 10.2 Å². The standard InChI is InChI=1S/C15H15ClN4OS/c1-10-7-11(2)19-15(18-10)22-9-14(21)20-17-8-12-5-3-4-6-13(12)16/h3-8H,9H2,1-2H3,(H,20,21). The van der Waals surface area contributed by atoms with Crippen molar-refractivity contribution in [1.82, 2.24) is 15.4 Å². The number of carbonyl (C=O) groups excluding carboxylic acids is 1. The second kappa shape index (κ2) is 7.91. The predicted octanol–water partition coefficient (Wildman–Crippen LogP) is 2.99. The van der Waals surface area contributed by atoms with Crippen molar-refractivity contribution in [2.24, 2.45) is 5.10 Å². The average molecular weight is 335 g/mol. The van der Waals surface area contributed by atoms with Crippen molar-refractivity contribution in [3.63, 3.8) is 0 Å². The number of thioether (sulfide) groups is 1. The molecular formula is C15H15ClN4OS. The predicted molar refractivity (Wildman–Crippen MR) is 89.4 cm³/mol. The number of rotatable bonds is 5. The number of amides is 1. The number of halogens is 1. The Morgan fingerprint density at radius 3 is 2.68 bits per heavy atom. The molecule has 1 aromatic heterocycles. The molecule has 0 spiro atoms. The van der Waals surface area contributed by atoms with Crippen molar-refractivity contribution in [3.05, 3.63) is 52.3 Å². The van der Waals surface area contributed by atoms with Crippen molar-refractivity contribution in [2.75, 3.05) is 5.75 Å². The summed E-state index contributed by atoms with van der Waals surface area (Å²) in [6.45, 7) is 3.79. The fraction of sp³-hybridized carbons (Fsp3) is 0.200. The Labute approximate surface area is 138 Å². The molecule has 0 saturated heterocycles. The molecule has 114 valence electrons. The Kier molecular flexibility index (Phi) is 5.91. The topological polar surface area (TPSA) is 67.2 Å². The van der Waals surface area contributed by atoms with Gasteiger partial charge in [0.2, 0.25) is 0 Å². The van der Waals surface area contributed by atoms with Gasteiger partial charge in [-0.05, 0) is 26.0 Å². The summed E-state index contributed by atoms with van der Waals surface area (Å²) in [6, 6.07) is 9.15. The molecule has 0 aliphatic rings. The van der Waals surface area contributed by atoms with Crippen LogP contribution < -0.4 is 5.43 Å². The molecule has 0 saturated carbocycles. The van der Waals surface area contributed by atoms with Gasteiger partial charge in [0.15, 0.2) is 5.16 Å². The maximum Gasteiger partial charge on any atom is 0.250 e. The highest BCUT2D eigenvalue weighted by Gasteiger charge is 2.05. The van der Waals surface area contributed by atoms with E-state index in [2.05, 4.69) is 20.5 Å². The number of hydrogen-bond acceptors (Lipinski definition) is 5. The molecule has 0 aliphatic heterocycles. The number of nitrogens with zero attached hydrogens (tertiary/aromatic N) is 3. The molecule has 0 fully saturated rings. The fourth-order valence-corrected chi connectivity index (χ4v) is 2.60. The van der Waals surface area contributed by atoms with Crippen LogP contribution >= 0.6 is 23.4 Å². The molecule has 0 bridgehead atoms. The number of benzene rings is 1. The van der Waals surface area contributed by atoms with Gasteiger partial charge in [0.05, 0.1) is 12.0 Å². The molecule has 2 rings (SSSR count). The first-order chi connectivity index (χ1) is 10.5. The molecule has 1 heterocycles. The zero-order valence-corrected chi connectivity index (χ0v) is 13.8. The summed E-state index contributed by atoms with van der Waals surface area (Å²) in [7, 11) is 0. The van der Waals surface area contributed by atoms with Crippen LogP contribution in [0.3, 0.4) is 0 Å². The van der Waals surface area contributed by atoms with Crippen LogP contribution in [0.25, 0.3) is 0 Å². The summed E-state index contributed by atoms with van der Waals surface area (Å²) >= 11 is 7.26. The number of aromatic nitrogens is 2. The first-order valence-corrected chi connectivity index (χ1v) is 7.92. The summed E-state index contributed by atoms with van der Waals surface area (Å²) in [5, 5.41) is 5.05. The van der Waals surface area contributed by atoms with Gasteiger partial charge in [-0.3, -0.25) is 4.79 Å². The van der Waals surface area contributed by atoms with E-state index >= 15 is 0 Å². The van der Waals surface area contributed by atoms with Gasteiger partial charge in [-0.15, -0.1) is 0 Å². The minimum atomic E-state index is -0.226. The fourth-order valence-electron chi connectivity index (χ4n) is 1.67. The second-order valence-electron chi connectivity index (χ2n) is 4.54. The van der Waals surface area contributed by atoms with Crippen molar-refractivity contribution in [1.29, 1.82) is 0 Å². The third-order valence-corrected chi connectivity index (χ3v) is 3.78. The number of hydrogen-bond donors (Lipinski definition) is 1. The van der Waals surface area contributed by atoms with E-state index in [0.717, 1.165) is 17.0 Å². The monoisotopic (exact) mass is 334 g/mol. The summed E-state index contributed by atoms with van der Waals surface area (Å²) in [5.41, 5.74) is 4.96. The normalized spacial score (nSPS) is 10.9. The average Bonchev–Trinajstić information content (AvgIpc) is 2.46. The maximum absolute atomic E-state index is 11.7. The molecule has 5 nitrogen and oxygen atoms in total. The highest BCUT2D eigenvalue weighted by atomic mass is 35.5. The number of carbonyl (C=O) groups is 1. The maximum atomic E-state index is 11.7. The third kappa shape index (κ3) is 5.13. The van der Waals surface area contributed by atoms with Gasteiger partial charge < -0.3 is 0 Å². The van der Waals surface area contributed by atoms with E-state index in [1.165, 1.54) is 18.0 Å². The van der Waals surface area contributed by atoms with Crippen molar-refractivity contribution < 1.29 is 4.79 Å². The van der Waals surface area contributed by atoms with Crippen molar-refractivity contribution >= 4 is 35.5 Å². The van der Waals surface area contributed by atoms with Gasteiger partial charge in [-0.25, -0.2) is 15.4 Å². The van der Waals surface area contributed by atoms with Crippen molar-refractivity contribution in [3.8, 4) is 0 Å². The van der Waals surface area contributed by atoms with Crippen LogP contribution in [-0.2, 0) is 4.79 Å². The molecule has 0 radical (unpaired) electrons. The first-order valence-electron chi connectivity index (χ1n) is 6.56. The lowest BCUT2D eigenvalue weighted by Gasteiger charge is -2.02. The Hall–Kier alpha value is -1.92. The van der Waals surface area contributed by atoms with E-state index in [1.54, 1.807) is 6.07 Å². The number of hydrazone groups is 1. The van der Waals surface area contributed by atoms with Crippen LogP contribution in [0.1, 0.15) is 17.0 Å². The second-order valence-corrected chi connectivity index (χ2v) is 5.89. The van der Waals surface area contributed by atoms with Crippen LogP contribution in [0.5, 0.6) is 0 Å². The largest absolute Gasteiger partial charge is 0.272 e. The van der Waals surface area contributed by atoms with E-state index in [9.17, 15) is 4.79 Å². The van der Waals surface area contributed by atoms with Gasteiger partial charge in [0.1, 0.15) is 0 Å². The molecule has 1 amide bonds. The first kappa shape index (κ1) is 16.5. The summed E-state index contributed by atoms with van der Waals surface area (Å²) in [5.74, 6) is -0.0287. The molecule has 0 aliphatic carbocycles. The smallest absolute Gasteiger partial charge is 0.250 e. The van der Waals surface area contributed by atoms with Crippen LogP contribution in [0.2, 0.25) is 5.02 Å². The van der Waals surface area contributed by atoms with E-state index < -0.39 is 0 Å². The highest BCUT2D eigenvalue weighted by molar-refractivity contribution is 7.99. The van der Waals surface area contributed by atoms with Crippen LogP contribution in [-0.4, -0.2) is 27.8 Å². The number of aryl methyl sites for hydroxylation is 2. The SMILES string of the molecule is Cc1cc(C)nc(SCC(=O)NN=Cc2ccccc2Cl)n1. The lowest BCUT2D eigenvalue weighted by Crippen LogP contribution is -2.19. The third-order valence-electron chi connectivity index (χ3n) is 2.59. The van der Waals surface area contributed by atoms with Crippen molar-refractivity contribution in [2.45, 2.75) is 19.0 Å². The molecule has 1 aromatic carbocycles. The summed E-state index contributed by atoms with van der Waals surface area (Å²) < 4.78 is 0. The highest BCUT2D eigenvalue weighted by Crippen LogP contribution is 2.14. The van der Waals surface area contributed by atoms with E-state index in [-0.39, 0.29) is 11.7 Å². The lowest BCUT2D eigenvalue weighted by atomic mass is 10.2. The van der Waals surface area contributed by atoms with Crippen LogP contribution in [0, 0.1) is 13.8 Å².